The molecule has 0 unspecified atom stereocenters. The lowest BCUT2D eigenvalue weighted by Gasteiger charge is -2.13. The van der Waals surface area contributed by atoms with Crippen LogP contribution < -0.4 is 5.73 Å². The standard InChI is InChI=1S/C7H9FN2/c1-7(8)3-2-4-10-5-6(7)9/h2-5H,9H2,1H3/t7-/m0/s1. The number of halogens is 1. The SMILES string of the molecule is C[C@]1(F)C=CC=NC=C1N. The highest BCUT2D eigenvalue weighted by atomic mass is 19.1. The number of nitrogens with two attached hydrogens (primary N) is 1. The molecule has 3 heteroatoms. The van der Waals surface area contributed by atoms with Gasteiger partial charge in [0, 0.05) is 12.4 Å². The molecule has 0 radical (unpaired) electrons. The van der Waals surface area contributed by atoms with Gasteiger partial charge < -0.3 is 5.73 Å². The maximum absolute atomic E-state index is 13.2. The minimum absolute atomic E-state index is 0.137. The summed E-state index contributed by atoms with van der Waals surface area (Å²) in [6, 6.07) is 0. The van der Waals surface area contributed by atoms with Crippen molar-refractivity contribution in [1.29, 1.82) is 0 Å². The zero-order valence-corrected chi connectivity index (χ0v) is 5.71. The lowest BCUT2D eigenvalue weighted by atomic mass is 10.1. The third-order valence-electron chi connectivity index (χ3n) is 1.36. The molecule has 0 fully saturated rings. The van der Waals surface area contributed by atoms with Crippen molar-refractivity contribution in [2.45, 2.75) is 12.6 Å². The van der Waals surface area contributed by atoms with E-state index in [0.29, 0.717) is 0 Å². The van der Waals surface area contributed by atoms with Crippen LogP contribution in [-0.2, 0) is 0 Å². The Morgan fingerprint density at radius 3 is 3.10 bits per heavy atom. The molecule has 0 aromatic heterocycles. The second-order valence-electron chi connectivity index (χ2n) is 2.32. The summed E-state index contributed by atoms with van der Waals surface area (Å²) in [5, 5.41) is 0. The second-order valence-corrected chi connectivity index (χ2v) is 2.32. The van der Waals surface area contributed by atoms with E-state index in [1.165, 1.54) is 31.5 Å². The predicted molar refractivity (Wildman–Crippen MR) is 39.4 cm³/mol. The van der Waals surface area contributed by atoms with E-state index in [-0.39, 0.29) is 5.70 Å². The van der Waals surface area contributed by atoms with Crippen LogP contribution in [0.15, 0.2) is 29.0 Å². The van der Waals surface area contributed by atoms with Gasteiger partial charge in [0.2, 0.25) is 0 Å². The Kier molecular flexibility index (Phi) is 1.57. The summed E-state index contributed by atoms with van der Waals surface area (Å²) in [4.78, 5) is 3.71. The average Bonchev–Trinajstić information content (AvgIpc) is 1.96. The van der Waals surface area contributed by atoms with Crippen LogP contribution in [0.1, 0.15) is 6.92 Å². The first-order valence-electron chi connectivity index (χ1n) is 2.99. The fraction of sp³-hybridized carbons (Fsp3) is 0.286. The van der Waals surface area contributed by atoms with Crippen molar-refractivity contribution >= 4 is 6.21 Å². The van der Waals surface area contributed by atoms with Crippen LogP contribution in [0.3, 0.4) is 0 Å². The Hall–Kier alpha value is -1.12. The first-order valence-corrected chi connectivity index (χ1v) is 2.99. The predicted octanol–water partition coefficient (Wildman–Crippen LogP) is 1.16. The van der Waals surface area contributed by atoms with Crippen molar-refractivity contribution < 1.29 is 4.39 Å². The van der Waals surface area contributed by atoms with Gasteiger partial charge in [0.25, 0.3) is 0 Å². The highest BCUT2D eigenvalue weighted by molar-refractivity contribution is 5.73. The van der Waals surface area contributed by atoms with E-state index in [4.69, 9.17) is 5.73 Å². The molecule has 0 saturated carbocycles. The van der Waals surface area contributed by atoms with Crippen LogP contribution >= 0.6 is 0 Å². The van der Waals surface area contributed by atoms with Crippen molar-refractivity contribution in [3.63, 3.8) is 0 Å². The van der Waals surface area contributed by atoms with E-state index in [0.717, 1.165) is 0 Å². The molecule has 0 amide bonds. The first kappa shape index (κ1) is 6.99. The van der Waals surface area contributed by atoms with Crippen LogP contribution in [0.4, 0.5) is 4.39 Å². The maximum atomic E-state index is 13.2. The molecule has 2 nitrogen and oxygen atoms in total. The molecule has 1 atom stereocenters. The lowest BCUT2D eigenvalue weighted by molar-refractivity contribution is 0.306. The zero-order valence-electron chi connectivity index (χ0n) is 5.71. The van der Waals surface area contributed by atoms with Gasteiger partial charge in [0.05, 0.1) is 5.70 Å². The highest BCUT2D eigenvalue weighted by Gasteiger charge is 2.22. The zero-order chi connectivity index (χ0) is 7.61. The number of hydrogen-bond donors (Lipinski definition) is 1. The number of nitrogens with zero attached hydrogens (tertiary/aromatic N) is 1. The molecule has 54 valence electrons. The summed E-state index contributed by atoms with van der Waals surface area (Å²) in [5.41, 5.74) is 3.93. The molecular weight excluding hydrogens is 131 g/mol. The number of hydrogen-bond acceptors (Lipinski definition) is 2. The van der Waals surface area contributed by atoms with Gasteiger partial charge in [-0.2, -0.15) is 0 Å². The van der Waals surface area contributed by atoms with Crippen LogP contribution in [0.25, 0.3) is 0 Å². The quantitative estimate of drug-likeness (QED) is 0.538. The Labute approximate surface area is 58.9 Å². The number of alkyl halides is 1. The van der Waals surface area contributed by atoms with Crippen LogP contribution in [0.5, 0.6) is 0 Å². The Morgan fingerprint density at radius 1 is 1.70 bits per heavy atom. The van der Waals surface area contributed by atoms with E-state index >= 15 is 0 Å². The fourth-order valence-corrected chi connectivity index (χ4v) is 0.619. The summed E-state index contributed by atoms with van der Waals surface area (Å²) in [5.74, 6) is 0. The van der Waals surface area contributed by atoms with E-state index < -0.39 is 5.67 Å². The van der Waals surface area contributed by atoms with E-state index in [1.54, 1.807) is 0 Å². The molecule has 1 aliphatic rings. The largest absolute Gasteiger partial charge is 0.398 e. The fourth-order valence-electron chi connectivity index (χ4n) is 0.619. The normalized spacial score (nSPS) is 31.6. The molecule has 0 aromatic rings. The Morgan fingerprint density at radius 2 is 2.40 bits per heavy atom. The number of allylic oxidation sites excluding steroid dienone is 2. The molecule has 0 spiro atoms. The van der Waals surface area contributed by atoms with Crippen LogP contribution in [-0.4, -0.2) is 11.9 Å². The van der Waals surface area contributed by atoms with Gasteiger partial charge in [-0.05, 0) is 19.1 Å². The van der Waals surface area contributed by atoms with Gasteiger partial charge in [0.15, 0.2) is 5.67 Å². The van der Waals surface area contributed by atoms with Gasteiger partial charge in [-0.25, -0.2) is 4.39 Å². The van der Waals surface area contributed by atoms with E-state index in [2.05, 4.69) is 4.99 Å². The van der Waals surface area contributed by atoms with Crippen molar-refractivity contribution in [2.75, 3.05) is 0 Å². The monoisotopic (exact) mass is 140 g/mol. The van der Waals surface area contributed by atoms with Crippen molar-refractivity contribution in [2.24, 2.45) is 10.7 Å². The molecule has 1 heterocycles. The molecule has 10 heavy (non-hydrogen) atoms. The third-order valence-corrected chi connectivity index (χ3v) is 1.36. The number of aliphatic imine (C=N–C) groups is 1. The Balaban J connectivity index is 2.97. The summed E-state index contributed by atoms with van der Waals surface area (Å²) in [7, 11) is 0. The van der Waals surface area contributed by atoms with Gasteiger partial charge in [-0.3, -0.25) is 4.99 Å². The van der Waals surface area contributed by atoms with E-state index in [1.807, 2.05) is 0 Å². The van der Waals surface area contributed by atoms with Gasteiger partial charge in [-0.15, -0.1) is 0 Å². The molecule has 0 aromatic carbocycles. The van der Waals surface area contributed by atoms with Crippen LogP contribution in [0, 0.1) is 0 Å². The molecule has 0 bridgehead atoms. The number of rotatable bonds is 0. The Bertz CT molecular complexity index is 214. The van der Waals surface area contributed by atoms with Crippen molar-refractivity contribution in [3.05, 3.63) is 24.0 Å². The smallest absolute Gasteiger partial charge is 0.167 e. The summed E-state index contributed by atoms with van der Waals surface area (Å²) >= 11 is 0. The minimum Gasteiger partial charge on any atom is -0.398 e. The molecule has 0 saturated heterocycles. The van der Waals surface area contributed by atoms with E-state index in [9.17, 15) is 4.39 Å². The van der Waals surface area contributed by atoms with Crippen LogP contribution in [0.2, 0.25) is 0 Å². The molecule has 0 aliphatic carbocycles. The maximum Gasteiger partial charge on any atom is 0.167 e. The van der Waals surface area contributed by atoms with Crippen molar-refractivity contribution in [1.82, 2.24) is 0 Å². The average molecular weight is 140 g/mol. The molecule has 2 N–H and O–H groups in total. The minimum atomic E-state index is -1.55. The lowest BCUT2D eigenvalue weighted by Crippen LogP contribution is -2.23. The summed E-state index contributed by atoms with van der Waals surface area (Å²) in [6.07, 6.45) is 5.73. The third kappa shape index (κ3) is 1.23. The molecular formula is C7H9FN2. The van der Waals surface area contributed by atoms with Crippen molar-refractivity contribution in [3.8, 4) is 0 Å². The topological polar surface area (TPSA) is 38.4 Å². The summed E-state index contributed by atoms with van der Waals surface area (Å²) < 4.78 is 13.2. The molecule has 1 rings (SSSR count). The van der Waals surface area contributed by atoms with Gasteiger partial charge in [0.1, 0.15) is 0 Å². The molecule has 1 aliphatic heterocycles. The summed E-state index contributed by atoms with van der Waals surface area (Å²) in [6.45, 7) is 1.39. The van der Waals surface area contributed by atoms with Gasteiger partial charge in [-0.1, -0.05) is 0 Å². The van der Waals surface area contributed by atoms with Gasteiger partial charge >= 0.3 is 0 Å². The first-order chi connectivity index (χ1) is 4.63. The second kappa shape index (κ2) is 2.25. The highest BCUT2D eigenvalue weighted by Crippen LogP contribution is 2.19.